The zero-order chi connectivity index (χ0) is 27.2. The molecular weight excluding hydrogens is 490 g/mol. The van der Waals surface area contributed by atoms with E-state index in [1.807, 2.05) is 36.4 Å². The van der Waals surface area contributed by atoms with Crippen molar-refractivity contribution in [3.63, 3.8) is 0 Å². The molecule has 0 saturated carbocycles. The maximum absolute atomic E-state index is 13.6. The molecule has 0 unspecified atom stereocenters. The highest BCUT2D eigenvalue weighted by Gasteiger charge is 2.43. The van der Waals surface area contributed by atoms with E-state index in [2.05, 4.69) is 10.3 Å². The topological polar surface area (TPSA) is 135 Å². The number of allylic oxidation sites excluding steroid dienone is 2. The van der Waals surface area contributed by atoms with E-state index in [0.29, 0.717) is 12.3 Å². The molecule has 2 aliphatic rings. The van der Waals surface area contributed by atoms with Gasteiger partial charge in [-0.05, 0) is 55.8 Å². The number of hydrogen-bond donors (Lipinski definition) is 2. The fourth-order valence-corrected chi connectivity index (χ4v) is 4.64. The van der Waals surface area contributed by atoms with Gasteiger partial charge in [-0.2, -0.15) is 0 Å². The number of aromatic nitrogens is 1. The molecule has 10 heteroatoms. The molecule has 0 spiro atoms. The summed E-state index contributed by atoms with van der Waals surface area (Å²) >= 11 is 0. The average Bonchev–Trinajstić information content (AvgIpc) is 3.29. The van der Waals surface area contributed by atoms with Crippen molar-refractivity contribution in [2.45, 2.75) is 57.7 Å². The number of carbonyl (C=O) groups excluding carboxylic acids is 3. The Morgan fingerprint density at radius 1 is 1.24 bits per heavy atom. The van der Waals surface area contributed by atoms with Gasteiger partial charge in [0.1, 0.15) is 18.2 Å². The number of cyclic esters (lactones) is 1. The van der Waals surface area contributed by atoms with Gasteiger partial charge >= 0.3 is 12.1 Å². The number of carboxylic acid groups (broad SMARTS) is 1. The Bertz CT molecular complexity index is 1300. The van der Waals surface area contributed by atoms with Crippen LogP contribution in [0.1, 0.15) is 45.1 Å². The van der Waals surface area contributed by atoms with E-state index in [4.69, 9.17) is 9.47 Å². The van der Waals surface area contributed by atoms with Crippen LogP contribution >= 0.6 is 0 Å². The van der Waals surface area contributed by atoms with Crippen LogP contribution in [-0.2, 0) is 19.1 Å². The third kappa shape index (κ3) is 6.56. The molecule has 4 rings (SSSR count). The zero-order valence-electron chi connectivity index (χ0n) is 21.4. The Hall–Kier alpha value is -4.21. The number of nitrogens with one attached hydrogen (secondary N) is 1. The Morgan fingerprint density at radius 2 is 2.05 bits per heavy atom. The highest BCUT2D eigenvalue weighted by atomic mass is 16.5. The summed E-state index contributed by atoms with van der Waals surface area (Å²) in [6.45, 7) is 3.64. The van der Waals surface area contributed by atoms with Crippen LogP contribution in [0, 0.1) is 0 Å². The maximum Gasteiger partial charge on any atom is 0.407 e. The van der Waals surface area contributed by atoms with Gasteiger partial charge in [-0.3, -0.25) is 9.59 Å². The fourth-order valence-electron chi connectivity index (χ4n) is 4.64. The summed E-state index contributed by atoms with van der Waals surface area (Å²) in [4.78, 5) is 56.0. The number of aliphatic carboxylic acids is 1. The molecule has 1 saturated heterocycles. The smallest absolute Gasteiger partial charge is 0.407 e. The largest absolute Gasteiger partial charge is 0.480 e. The van der Waals surface area contributed by atoms with Gasteiger partial charge in [-0.15, -0.1) is 0 Å². The van der Waals surface area contributed by atoms with Gasteiger partial charge in [-0.25, -0.2) is 14.6 Å². The van der Waals surface area contributed by atoms with Crippen molar-refractivity contribution in [1.29, 1.82) is 0 Å². The Morgan fingerprint density at radius 3 is 2.82 bits per heavy atom. The third-order valence-corrected chi connectivity index (χ3v) is 6.41. The number of fused-ring (bicyclic) bond motifs is 3. The zero-order valence-corrected chi connectivity index (χ0v) is 21.4. The van der Waals surface area contributed by atoms with Gasteiger partial charge in [0.15, 0.2) is 5.78 Å². The van der Waals surface area contributed by atoms with Gasteiger partial charge in [0.25, 0.3) is 0 Å². The van der Waals surface area contributed by atoms with Gasteiger partial charge in [0.05, 0.1) is 13.2 Å². The summed E-state index contributed by atoms with van der Waals surface area (Å²) in [6.07, 6.45) is 5.89. The minimum atomic E-state index is -1.18. The molecule has 4 bridgehead atoms. The lowest BCUT2D eigenvalue weighted by Gasteiger charge is -2.27. The number of rotatable bonds is 5. The molecule has 2 N–H and O–H groups in total. The highest BCUT2D eigenvalue weighted by Crippen LogP contribution is 2.29. The predicted molar refractivity (Wildman–Crippen MR) is 140 cm³/mol. The number of hydrogen-bond acceptors (Lipinski definition) is 7. The second-order valence-electron chi connectivity index (χ2n) is 9.67. The molecule has 1 aromatic carbocycles. The van der Waals surface area contributed by atoms with E-state index < -0.39 is 36.2 Å². The van der Waals surface area contributed by atoms with Crippen LogP contribution < -0.4 is 10.1 Å². The van der Waals surface area contributed by atoms with E-state index in [0.717, 1.165) is 21.9 Å². The van der Waals surface area contributed by atoms with Gasteiger partial charge in [-0.1, -0.05) is 29.9 Å². The summed E-state index contributed by atoms with van der Waals surface area (Å²) in [5, 5.41) is 14.1. The quantitative estimate of drug-likeness (QED) is 0.571. The number of benzene rings is 1. The first-order valence-corrected chi connectivity index (χ1v) is 12.6. The SMILES string of the molecule is CC(C)=CC(=O)CC[C@@H]1NC(=O)OCC/C=C/c2ccc3ccnc(c3c2)O[C@@H]2C[C@@H](C(=O)O)N(C2)C1=O. The van der Waals surface area contributed by atoms with Crippen molar-refractivity contribution < 1.29 is 33.8 Å². The van der Waals surface area contributed by atoms with E-state index in [1.165, 1.54) is 11.0 Å². The summed E-state index contributed by atoms with van der Waals surface area (Å²) in [5.74, 6) is -1.63. The van der Waals surface area contributed by atoms with Crippen LogP contribution in [0.2, 0.25) is 0 Å². The Balaban J connectivity index is 1.65. The number of carboxylic acids is 1. The summed E-state index contributed by atoms with van der Waals surface area (Å²) < 4.78 is 11.4. The molecule has 0 aliphatic carbocycles. The van der Waals surface area contributed by atoms with Crippen molar-refractivity contribution in [2.75, 3.05) is 13.2 Å². The lowest BCUT2D eigenvalue weighted by atomic mass is 10.1. The number of carbonyl (C=O) groups is 4. The van der Waals surface area contributed by atoms with E-state index in [1.54, 1.807) is 20.0 Å². The predicted octanol–water partition coefficient (Wildman–Crippen LogP) is 3.49. The maximum atomic E-state index is 13.6. The van der Waals surface area contributed by atoms with Crippen LogP contribution in [0.3, 0.4) is 0 Å². The monoisotopic (exact) mass is 521 g/mol. The number of pyridine rings is 1. The molecule has 2 aromatic rings. The first kappa shape index (κ1) is 26.8. The number of alkyl carbamates (subject to hydrolysis) is 1. The Labute approximate surface area is 220 Å². The molecule has 38 heavy (non-hydrogen) atoms. The second-order valence-corrected chi connectivity index (χ2v) is 9.67. The summed E-state index contributed by atoms with van der Waals surface area (Å²) in [6, 6.07) is 5.37. The molecule has 200 valence electrons. The van der Waals surface area contributed by atoms with Crippen LogP contribution in [-0.4, -0.2) is 70.1 Å². The molecule has 1 fully saturated rings. The average molecular weight is 522 g/mol. The van der Waals surface area contributed by atoms with Crippen LogP contribution in [0.5, 0.6) is 5.88 Å². The van der Waals surface area contributed by atoms with Crippen molar-refractivity contribution in [1.82, 2.24) is 15.2 Å². The fraction of sp³-hybridized carbons (Fsp3) is 0.393. The molecule has 3 heterocycles. The van der Waals surface area contributed by atoms with Gasteiger partial charge in [0.2, 0.25) is 11.8 Å². The standard InChI is InChI=1S/C28H31N3O7/c1-17(2)13-20(32)8-9-23-26(33)31-16-21(15-24(31)27(34)35)38-25-22-14-18(6-7-19(22)10-11-29-25)5-3-4-12-37-28(36)30-23/h3,5-7,10-11,13-14,21,23-24H,4,8-9,12,15-16H2,1-2H3,(H,30,36)(H,34,35)/b5-3+/t21-,23+,24+/m1/s1. The molecular formula is C28H31N3O7. The molecule has 0 radical (unpaired) electrons. The number of ether oxygens (including phenoxy) is 2. The van der Waals surface area contributed by atoms with E-state index >= 15 is 0 Å². The third-order valence-electron chi connectivity index (χ3n) is 6.41. The summed E-state index contributed by atoms with van der Waals surface area (Å²) in [5.41, 5.74) is 1.71. The van der Waals surface area contributed by atoms with Crippen LogP contribution in [0.25, 0.3) is 16.8 Å². The highest BCUT2D eigenvalue weighted by molar-refractivity contribution is 5.93. The van der Waals surface area contributed by atoms with Crippen molar-refractivity contribution in [3.05, 3.63) is 53.8 Å². The van der Waals surface area contributed by atoms with Crippen molar-refractivity contribution >= 4 is 40.6 Å². The Kier molecular flexibility index (Phi) is 8.40. The van der Waals surface area contributed by atoms with Crippen LogP contribution in [0.4, 0.5) is 4.79 Å². The minimum Gasteiger partial charge on any atom is -0.480 e. The normalized spacial score (nSPS) is 22.7. The minimum absolute atomic E-state index is 0.00235. The lowest BCUT2D eigenvalue weighted by molar-refractivity contribution is -0.149. The van der Waals surface area contributed by atoms with Crippen molar-refractivity contribution in [3.8, 4) is 5.88 Å². The van der Waals surface area contributed by atoms with Crippen molar-refractivity contribution in [2.24, 2.45) is 0 Å². The van der Waals surface area contributed by atoms with Gasteiger partial charge < -0.3 is 24.8 Å². The molecule has 3 atom stereocenters. The second kappa shape index (κ2) is 11.9. The lowest BCUT2D eigenvalue weighted by Crippen LogP contribution is -2.52. The summed E-state index contributed by atoms with van der Waals surface area (Å²) in [7, 11) is 0. The first-order chi connectivity index (χ1) is 18.2. The molecule has 2 amide bonds. The number of nitrogens with zero attached hydrogens (tertiary/aromatic N) is 2. The number of amides is 2. The first-order valence-electron chi connectivity index (χ1n) is 12.6. The number of ketones is 1. The van der Waals surface area contributed by atoms with E-state index in [-0.39, 0.29) is 38.2 Å². The van der Waals surface area contributed by atoms with E-state index in [9.17, 15) is 24.3 Å². The van der Waals surface area contributed by atoms with Gasteiger partial charge in [0, 0.05) is 24.4 Å². The van der Waals surface area contributed by atoms with Crippen LogP contribution in [0.15, 0.2) is 48.2 Å². The molecule has 2 aliphatic heterocycles. The molecule has 10 nitrogen and oxygen atoms in total. The molecule has 1 aromatic heterocycles.